The second kappa shape index (κ2) is 5.83. The van der Waals surface area contributed by atoms with Crippen LogP contribution in [-0.4, -0.2) is 6.29 Å². The van der Waals surface area contributed by atoms with E-state index < -0.39 is 0 Å². The van der Waals surface area contributed by atoms with Gasteiger partial charge in [0.15, 0.2) is 0 Å². The minimum absolute atomic E-state index is 0.409. The Balaban J connectivity index is 2.13. The van der Waals surface area contributed by atoms with Gasteiger partial charge in [-0.2, -0.15) is 0 Å². The highest BCUT2D eigenvalue weighted by Crippen LogP contribution is 2.25. The summed E-state index contributed by atoms with van der Waals surface area (Å²) in [6, 6.07) is 0. The molecule has 0 N–H and O–H groups in total. The monoisotopic (exact) mass is 164 g/mol. The molecule has 1 saturated carbocycles. The van der Waals surface area contributed by atoms with Crippen LogP contribution >= 0.6 is 0 Å². The molecule has 0 spiro atoms. The lowest BCUT2D eigenvalue weighted by Crippen LogP contribution is -2.04. The molecular weight excluding hydrogens is 148 g/mol. The smallest absolute Gasteiger partial charge is 0.131 e. The summed E-state index contributed by atoms with van der Waals surface area (Å²) in [5, 5.41) is 0. The number of carbonyl (C=O) groups is 1. The van der Waals surface area contributed by atoms with Crippen LogP contribution in [-0.2, 0) is 4.79 Å². The Bertz CT molecular complexity index is 179. The molecule has 0 saturated heterocycles. The van der Waals surface area contributed by atoms with E-state index in [2.05, 4.69) is 11.8 Å². The molecular formula is C11H16O. The van der Waals surface area contributed by atoms with E-state index in [4.69, 9.17) is 0 Å². The maximum Gasteiger partial charge on any atom is 0.131 e. The van der Waals surface area contributed by atoms with Gasteiger partial charge in [-0.25, -0.2) is 0 Å². The van der Waals surface area contributed by atoms with Crippen molar-refractivity contribution in [1.82, 2.24) is 0 Å². The average Bonchev–Trinajstić information content (AvgIpc) is 2.14. The average molecular weight is 164 g/mol. The first-order valence-corrected chi connectivity index (χ1v) is 4.83. The first kappa shape index (κ1) is 9.32. The number of rotatable bonds is 2. The van der Waals surface area contributed by atoms with Crippen molar-refractivity contribution in [3.63, 3.8) is 0 Å². The molecule has 12 heavy (non-hydrogen) atoms. The van der Waals surface area contributed by atoms with Crippen LogP contribution in [0.5, 0.6) is 0 Å². The summed E-state index contributed by atoms with van der Waals surface area (Å²) in [5.74, 6) is 6.76. The van der Waals surface area contributed by atoms with Crippen LogP contribution in [0, 0.1) is 17.8 Å². The van der Waals surface area contributed by atoms with Gasteiger partial charge in [-0.1, -0.05) is 25.2 Å². The summed E-state index contributed by atoms with van der Waals surface area (Å²) in [7, 11) is 0. The van der Waals surface area contributed by atoms with Crippen molar-refractivity contribution >= 4 is 6.29 Å². The first-order valence-electron chi connectivity index (χ1n) is 4.83. The SMILES string of the molecule is O=CCC#CCC1CCCCC1. The fourth-order valence-electron chi connectivity index (χ4n) is 1.72. The fourth-order valence-corrected chi connectivity index (χ4v) is 1.72. The van der Waals surface area contributed by atoms with Gasteiger partial charge in [-0.05, 0) is 18.8 Å². The van der Waals surface area contributed by atoms with Crippen molar-refractivity contribution in [2.75, 3.05) is 0 Å². The molecule has 1 rings (SSSR count). The molecule has 1 aliphatic carbocycles. The lowest BCUT2D eigenvalue weighted by Gasteiger charge is -2.18. The van der Waals surface area contributed by atoms with Crippen LogP contribution in [0.15, 0.2) is 0 Å². The molecule has 1 fully saturated rings. The van der Waals surface area contributed by atoms with Crippen molar-refractivity contribution in [3.05, 3.63) is 0 Å². The molecule has 1 aliphatic rings. The topological polar surface area (TPSA) is 17.1 Å². The van der Waals surface area contributed by atoms with Crippen LogP contribution in [0.4, 0.5) is 0 Å². The normalized spacial score (nSPS) is 18.0. The third kappa shape index (κ3) is 3.57. The Hall–Kier alpha value is -0.770. The van der Waals surface area contributed by atoms with Crippen molar-refractivity contribution < 1.29 is 4.79 Å². The fraction of sp³-hybridized carbons (Fsp3) is 0.727. The van der Waals surface area contributed by atoms with Gasteiger partial charge < -0.3 is 4.79 Å². The molecule has 0 aromatic rings. The molecule has 0 aromatic carbocycles. The summed E-state index contributed by atoms with van der Waals surface area (Å²) < 4.78 is 0. The molecule has 66 valence electrons. The number of carbonyl (C=O) groups excluding carboxylic acids is 1. The van der Waals surface area contributed by atoms with Crippen molar-refractivity contribution in [3.8, 4) is 11.8 Å². The molecule has 0 bridgehead atoms. The van der Waals surface area contributed by atoms with Crippen molar-refractivity contribution in [1.29, 1.82) is 0 Å². The molecule has 1 nitrogen and oxygen atoms in total. The largest absolute Gasteiger partial charge is 0.302 e. The van der Waals surface area contributed by atoms with Crippen LogP contribution in [0.25, 0.3) is 0 Å². The lowest BCUT2D eigenvalue weighted by molar-refractivity contribution is -0.107. The van der Waals surface area contributed by atoms with Gasteiger partial charge in [0.2, 0.25) is 0 Å². The third-order valence-electron chi connectivity index (χ3n) is 2.43. The third-order valence-corrected chi connectivity index (χ3v) is 2.43. The van der Waals surface area contributed by atoms with Gasteiger partial charge >= 0.3 is 0 Å². The highest BCUT2D eigenvalue weighted by atomic mass is 16.1. The van der Waals surface area contributed by atoms with Gasteiger partial charge in [-0.15, -0.1) is 5.92 Å². The van der Waals surface area contributed by atoms with E-state index in [0.29, 0.717) is 6.42 Å². The molecule has 0 amide bonds. The van der Waals surface area contributed by atoms with E-state index in [1.54, 1.807) is 0 Å². The summed E-state index contributed by atoms with van der Waals surface area (Å²) in [6.07, 6.45) is 9.12. The maximum atomic E-state index is 9.95. The Labute approximate surface area is 74.5 Å². The lowest BCUT2D eigenvalue weighted by atomic mass is 9.87. The standard InChI is InChI=1S/C11H16O/c12-10-6-2-5-9-11-7-3-1-4-8-11/h10-11H,1,3-4,6-9H2. The number of hydrogen-bond donors (Lipinski definition) is 0. The first-order chi connectivity index (χ1) is 5.93. The summed E-state index contributed by atoms with van der Waals surface area (Å²) in [4.78, 5) is 9.95. The highest BCUT2D eigenvalue weighted by Gasteiger charge is 2.11. The highest BCUT2D eigenvalue weighted by molar-refractivity contribution is 5.53. The second-order valence-corrected chi connectivity index (χ2v) is 3.43. The van der Waals surface area contributed by atoms with Crippen molar-refractivity contribution in [2.24, 2.45) is 5.92 Å². The molecule has 0 atom stereocenters. The van der Waals surface area contributed by atoms with E-state index in [1.165, 1.54) is 32.1 Å². The van der Waals surface area contributed by atoms with E-state index in [1.807, 2.05) is 0 Å². The van der Waals surface area contributed by atoms with E-state index >= 15 is 0 Å². The second-order valence-electron chi connectivity index (χ2n) is 3.43. The van der Waals surface area contributed by atoms with Crippen LogP contribution in [0.2, 0.25) is 0 Å². The number of hydrogen-bond acceptors (Lipinski definition) is 1. The van der Waals surface area contributed by atoms with Crippen LogP contribution in [0.1, 0.15) is 44.9 Å². The van der Waals surface area contributed by atoms with E-state index in [0.717, 1.165) is 18.6 Å². The van der Waals surface area contributed by atoms with Crippen LogP contribution in [0.3, 0.4) is 0 Å². The maximum absolute atomic E-state index is 9.95. The Morgan fingerprint density at radius 2 is 1.92 bits per heavy atom. The van der Waals surface area contributed by atoms with Crippen molar-refractivity contribution in [2.45, 2.75) is 44.9 Å². The molecule has 0 heterocycles. The molecule has 1 heteroatoms. The van der Waals surface area contributed by atoms with Gasteiger partial charge in [-0.3, -0.25) is 0 Å². The Morgan fingerprint density at radius 3 is 2.58 bits per heavy atom. The zero-order valence-electron chi connectivity index (χ0n) is 7.51. The van der Waals surface area contributed by atoms with Crippen LogP contribution < -0.4 is 0 Å². The molecule has 0 radical (unpaired) electrons. The molecule has 0 aliphatic heterocycles. The van der Waals surface area contributed by atoms with Gasteiger partial charge in [0.25, 0.3) is 0 Å². The zero-order chi connectivity index (χ0) is 8.65. The van der Waals surface area contributed by atoms with Gasteiger partial charge in [0.1, 0.15) is 6.29 Å². The minimum atomic E-state index is 0.409. The Kier molecular flexibility index (Phi) is 4.52. The van der Waals surface area contributed by atoms with Gasteiger partial charge in [0, 0.05) is 6.42 Å². The van der Waals surface area contributed by atoms with E-state index in [-0.39, 0.29) is 0 Å². The summed E-state index contributed by atoms with van der Waals surface area (Å²) >= 11 is 0. The van der Waals surface area contributed by atoms with E-state index in [9.17, 15) is 4.79 Å². The predicted molar refractivity (Wildman–Crippen MR) is 49.6 cm³/mol. The van der Waals surface area contributed by atoms with Gasteiger partial charge in [0.05, 0.1) is 6.42 Å². The Morgan fingerprint density at radius 1 is 1.17 bits per heavy atom. The number of aldehydes is 1. The zero-order valence-corrected chi connectivity index (χ0v) is 7.51. The predicted octanol–water partition coefficient (Wildman–Crippen LogP) is 2.55. The molecule has 0 aromatic heterocycles. The summed E-state index contributed by atoms with van der Waals surface area (Å²) in [5.41, 5.74) is 0. The molecule has 0 unspecified atom stereocenters. The minimum Gasteiger partial charge on any atom is -0.302 e. The quantitative estimate of drug-likeness (QED) is 0.453. The summed E-state index contributed by atoms with van der Waals surface area (Å²) in [6.45, 7) is 0.